The van der Waals surface area contributed by atoms with E-state index in [1.54, 1.807) is 23.0 Å². The SMILES string of the molecule is [CH2]c1cncs1. The van der Waals surface area contributed by atoms with Gasteiger partial charge >= 0.3 is 0 Å². The lowest BCUT2D eigenvalue weighted by Crippen LogP contribution is -1.48. The van der Waals surface area contributed by atoms with E-state index in [9.17, 15) is 0 Å². The highest BCUT2D eigenvalue weighted by atomic mass is 32.1. The van der Waals surface area contributed by atoms with Gasteiger partial charge in [-0.05, 0) is 6.92 Å². The van der Waals surface area contributed by atoms with E-state index < -0.39 is 0 Å². The fourth-order valence-corrected chi connectivity index (χ4v) is 0.621. The average molecular weight is 98.1 g/mol. The molecule has 0 unspecified atom stereocenters. The molecule has 31 valence electrons. The second kappa shape index (κ2) is 1.39. The summed E-state index contributed by atoms with van der Waals surface area (Å²) in [7, 11) is 0. The van der Waals surface area contributed by atoms with Crippen LogP contribution in [0.4, 0.5) is 0 Å². The summed E-state index contributed by atoms with van der Waals surface area (Å²) in [5.74, 6) is 0. The Kier molecular flexibility index (Phi) is 0.881. The number of aromatic nitrogens is 1. The molecule has 0 atom stereocenters. The number of nitrogens with zero attached hydrogens (tertiary/aromatic N) is 1. The minimum Gasteiger partial charge on any atom is -0.253 e. The van der Waals surface area contributed by atoms with Gasteiger partial charge in [0, 0.05) is 11.1 Å². The molecule has 6 heavy (non-hydrogen) atoms. The molecule has 0 spiro atoms. The summed E-state index contributed by atoms with van der Waals surface area (Å²) in [6, 6.07) is 0. The zero-order valence-corrected chi connectivity index (χ0v) is 4.03. The van der Waals surface area contributed by atoms with Gasteiger partial charge in [0.05, 0.1) is 5.51 Å². The molecule has 1 heterocycles. The lowest BCUT2D eigenvalue weighted by atomic mass is 10.7. The third-order valence-electron chi connectivity index (χ3n) is 0.483. The first-order valence-corrected chi connectivity index (χ1v) is 2.48. The first-order chi connectivity index (χ1) is 2.89. The largest absolute Gasteiger partial charge is 0.253 e. The number of hydrogen-bond donors (Lipinski definition) is 0. The quantitative estimate of drug-likeness (QED) is 0.477. The highest BCUT2D eigenvalue weighted by Gasteiger charge is 1.76. The van der Waals surface area contributed by atoms with Gasteiger partial charge in [-0.15, -0.1) is 11.3 Å². The highest BCUT2D eigenvalue weighted by molar-refractivity contribution is 7.09. The lowest BCUT2D eigenvalue weighted by Gasteiger charge is -1.62. The van der Waals surface area contributed by atoms with Crippen LogP contribution in [0.5, 0.6) is 0 Å². The summed E-state index contributed by atoms with van der Waals surface area (Å²) in [4.78, 5) is 4.80. The van der Waals surface area contributed by atoms with E-state index in [0.717, 1.165) is 4.88 Å². The fourth-order valence-electron chi connectivity index (χ4n) is 0.242. The molecule has 2 heteroatoms. The summed E-state index contributed by atoms with van der Waals surface area (Å²) in [5.41, 5.74) is 1.77. The van der Waals surface area contributed by atoms with Gasteiger partial charge < -0.3 is 0 Å². The first kappa shape index (κ1) is 3.81. The molecular weight excluding hydrogens is 94.1 g/mol. The van der Waals surface area contributed by atoms with Gasteiger partial charge in [0.2, 0.25) is 0 Å². The zero-order valence-electron chi connectivity index (χ0n) is 3.22. The van der Waals surface area contributed by atoms with E-state index in [4.69, 9.17) is 0 Å². The topological polar surface area (TPSA) is 12.9 Å². The molecule has 1 aromatic heterocycles. The fraction of sp³-hybridized carbons (Fsp3) is 0. The molecule has 0 amide bonds. The molecule has 0 N–H and O–H groups in total. The van der Waals surface area contributed by atoms with E-state index in [1.807, 2.05) is 0 Å². The Morgan fingerprint density at radius 3 is 2.83 bits per heavy atom. The van der Waals surface area contributed by atoms with Crippen molar-refractivity contribution in [1.82, 2.24) is 4.98 Å². The Bertz CT molecular complexity index is 111. The monoisotopic (exact) mass is 98.0 g/mol. The van der Waals surface area contributed by atoms with E-state index in [2.05, 4.69) is 11.9 Å². The number of thiazole rings is 1. The van der Waals surface area contributed by atoms with Crippen molar-refractivity contribution in [2.75, 3.05) is 0 Å². The van der Waals surface area contributed by atoms with Crippen LogP contribution in [0, 0.1) is 6.92 Å². The van der Waals surface area contributed by atoms with Crippen molar-refractivity contribution in [1.29, 1.82) is 0 Å². The predicted octanol–water partition coefficient (Wildman–Crippen LogP) is 1.33. The lowest BCUT2D eigenvalue weighted by molar-refractivity contribution is 1.41. The molecular formula is C4H4NS. The van der Waals surface area contributed by atoms with Crippen LogP contribution in [0.2, 0.25) is 0 Å². The van der Waals surface area contributed by atoms with Gasteiger partial charge in [0.25, 0.3) is 0 Å². The summed E-state index contributed by atoms with van der Waals surface area (Å²) < 4.78 is 0. The van der Waals surface area contributed by atoms with E-state index in [0.29, 0.717) is 0 Å². The second-order valence-corrected chi connectivity index (χ2v) is 1.94. The maximum Gasteiger partial charge on any atom is 0.0794 e. The molecule has 1 rings (SSSR count). The Hall–Kier alpha value is -0.370. The Morgan fingerprint density at radius 1 is 1.83 bits per heavy atom. The van der Waals surface area contributed by atoms with Gasteiger partial charge in [-0.3, -0.25) is 4.98 Å². The molecule has 0 fully saturated rings. The van der Waals surface area contributed by atoms with Gasteiger partial charge in [0.15, 0.2) is 0 Å². The summed E-state index contributed by atoms with van der Waals surface area (Å²) in [5, 5.41) is 0. The molecule has 0 saturated carbocycles. The Balaban J connectivity index is 3.05. The van der Waals surface area contributed by atoms with E-state index >= 15 is 0 Å². The molecule has 1 aromatic rings. The van der Waals surface area contributed by atoms with Crippen molar-refractivity contribution in [3.8, 4) is 0 Å². The molecule has 0 aliphatic rings. The van der Waals surface area contributed by atoms with Crippen LogP contribution >= 0.6 is 11.3 Å². The van der Waals surface area contributed by atoms with Crippen molar-refractivity contribution in [2.24, 2.45) is 0 Å². The third kappa shape index (κ3) is 0.571. The summed E-state index contributed by atoms with van der Waals surface area (Å²) in [6.45, 7) is 3.64. The Labute approximate surface area is 40.7 Å². The van der Waals surface area contributed by atoms with Gasteiger partial charge in [-0.2, -0.15) is 0 Å². The summed E-state index contributed by atoms with van der Waals surface area (Å²) >= 11 is 1.56. The van der Waals surface area contributed by atoms with Gasteiger partial charge in [-0.25, -0.2) is 0 Å². The molecule has 0 aliphatic heterocycles. The zero-order chi connectivity index (χ0) is 4.41. The molecule has 0 aliphatic carbocycles. The van der Waals surface area contributed by atoms with Crippen molar-refractivity contribution in [3.63, 3.8) is 0 Å². The maximum absolute atomic E-state index is 3.78. The first-order valence-electron chi connectivity index (χ1n) is 1.60. The standard InChI is InChI=1S/C4H4NS/c1-4-2-5-3-6-4/h2-3H,1H2. The normalized spacial score (nSPS) is 8.83. The van der Waals surface area contributed by atoms with Crippen LogP contribution in [0.25, 0.3) is 0 Å². The van der Waals surface area contributed by atoms with Crippen molar-refractivity contribution < 1.29 is 0 Å². The third-order valence-corrected chi connectivity index (χ3v) is 1.12. The minimum absolute atomic E-state index is 1.02. The van der Waals surface area contributed by atoms with Crippen LogP contribution in [0.15, 0.2) is 11.7 Å². The average Bonchev–Trinajstić information content (AvgIpc) is 1.86. The van der Waals surface area contributed by atoms with Crippen LogP contribution in [-0.4, -0.2) is 4.98 Å². The van der Waals surface area contributed by atoms with E-state index in [-0.39, 0.29) is 0 Å². The molecule has 0 saturated heterocycles. The van der Waals surface area contributed by atoms with Crippen LogP contribution < -0.4 is 0 Å². The molecule has 1 radical (unpaired) electrons. The molecule has 0 aromatic carbocycles. The van der Waals surface area contributed by atoms with Crippen molar-refractivity contribution >= 4 is 11.3 Å². The maximum atomic E-state index is 3.78. The number of rotatable bonds is 0. The minimum atomic E-state index is 1.02. The molecule has 0 bridgehead atoms. The van der Waals surface area contributed by atoms with Crippen LogP contribution in [-0.2, 0) is 0 Å². The predicted molar refractivity (Wildman–Crippen MR) is 26.6 cm³/mol. The van der Waals surface area contributed by atoms with Crippen molar-refractivity contribution in [3.05, 3.63) is 23.5 Å². The summed E-state index contributed by atoms with van der Waals surface area (Å²) in [6.07, 6.45) is 1.74. The molecule has 1 nitrogen and oxygen atoms in total. The van der Waals surface area contributed by atoms with E-state index in [1.165, 1.54) is 0 Å². The van der Waals surface area contributed by atoms with Crippen LogP contribution in [0.3, 0.4) is 0 Å². The number of hydrogen-bond acceptors (Lipinski definition) is 2. The Morgan fingerprint density at radius 2 is 2.67 bits per heavy atom. The second-order valence-electron chi connectivity index (χ2n) is 0.968. The highest BCUT2D eigenvalue weighted by Crippen LogP contribution is 1.99. The van der Waals surface area contributed by atoms with Gasteiger partial charge in [-0.1, -0.05) is 0 Å². The van der Waals surface area contributed by atoms with Crippen LogP contribution in [0.1, 0.15) is 4.88 Å². The van der Waals surface area contributed by atoms with Gasteiger partial charge in [0.1, 0.15) is 0 Å². The smallest absolute Gasteiger partial charge is 0.0794 e. The van der Waals surface area contributed by atoms with Crippen molar-refractivity contribution in [2.45, 2.75) is 0 Å².